The fourth-order valence-corrected chi connectivity index (χ4v) is 2.40. The Labute approximate surface area is 113 Å². The minimum atomic E-state index is -0.142. The lowest BCUT2D eigenvalue weighted by molar-refractivity contribution is 0.0946. The number of carbonyl (C=O) groups excluding carboxylic acids is 1. The van der Waals surface area contributed by atoms with Crippen molar-refractivity contribution in [3.8, 4) is 10.4 Å². The first-order valence-electron chi connectivity index (χ1n) is 5.63. The van der Waals surface area contributed by atoms with Crippen molar-refractivity contribution in [1.29, 1.82) is 0 Å². The summed E-state index contributed by atoms with van der Waals surface area (Å²) in [6.07, 6.45) is 2.11. The van der Waals surface area contributed by atoms with Gasteiger partial charge in [-0.25, -0.2) is 0 Å². The summed E-state index contributed by atoms with van der Waals surface area (Å²) < 4.78 is 3.87. The van der Waals surface area contributed by atoms with Crippen molar-refractivity contribution in [1.82, 2.24) is 14.9 Å². The summed E-state index contributed by atoms with van der Waals surface area (Å²) >= 11 is 7.06. The van der Waals surface area contributed by atoms with Gasteiger partial charge in [-0.1, -0.05) is 28.2 Å². The lowest BCUT2D eigenvalue weighted by atomic mass is 10.1. The standard InChI is InChI=1S/C12H10ClN3OS/c13-8-3-1-7(2-4-8)11-10(15-16-18-11)12(17)14-9-5-6-9/h1-4,9H,5-6H2,(H,14,17). The molecule has 1 aliphatic carbocycles. The highest BCUT2D eigenvalue weighted by Crippen LogP contribution is 2.28. The van der Waals surface area contributed by atoms with Crippen molar-refractivity contribution in [2.24, 2.45) is 0 Å². The Bertz CT molecular complexity index is 577. The summed E-state index contributed by atoms with van der Waals surface area (Å²) in [7, 11) is 0. The number of halogens is 1. The molecule has 0 bridgehead atoms. The molecular formula is C12H10ClN3OS. The molecule has 1 saturated carbocycles. The molecule has 92 valence electrons. The number of rotatable bonds is 3. The topological polar surface area (TPSA) is 54.9 Å². The molecule has 0 radical (unpaired) electrons. The van der Waals surface area contributed by atoms with Gasteiger partial charge in [0.05, 0.1) is 4.88 Å². The number of aromatic nitrogens is 2. The molecule has 1 N–H and O–H groups in total. The molecule has 0 spiro atoms. The number of hydrogen-bond donors (Lipinski definition) is 1. The molecular weight excluding hydrogens is 270 g/mol. The van der Waals surface area contributed by atoms with Crippen LogP contribution in [0.3, 0.4) is 0 Å². The molecule has 0 atom stereocenters. The summed E-state index contributed by atoms with van der Waals surface area (Å²) in [6.45, 7) is 0. The van der Waals surface area contributed by atoms with E-state index in [1.807, 2.05) is 12.1 Å². The average molecular weight is 280 g/mol. The third kappa shape index (κ3) is 2.37. The molecule has 1 amide bonds. The lowest BCUT2D eigenvalue weighted by Crippen LogP contribution is -2.26. The fraction of sp³-hybridized carbons (Fsp3) is 0.250. The molecule has 0 saturated heterocycles. The fourth-order valence-electron chi connectivity index (χ4n) is 1.61. The van der Waals surface area contributed by atoms with Crippen LogP contribution in [0.5, 0.6) is 0 Å². The zero-order chi connectivity index (χ0) is 12.5. The highest BCUT2D eigenvalue weighted by Gasteiger charge is 2.26. The van der Waals surface area contributed by atoms with Gasteiger partial charge in [-0.05, 0) is 42.1 Å². The Hall–Kier alpha value is -1.46. The van der Waals surface area contributed by atoms with Gasteiger partial charge in [0.25, 0.3) is 5.91 Å². The minimum absolute atomic E-state index is 0.142. The second-order valence-electron chi connectivity index (χ2n) is 4.21. The van der Waals surface area contributed by atoms with E-state index in [9.17, 15) is 4.79 Å². The molecule has 2 aromatic rings. The lowest BCUT2D eigenvalue weighted by Gasteiger charge is -2.02. The highest BCUT2D eigenvalue weighted by atomic mass is 35.5. The van der Waals surface area contributed by atoms with Gasteiger partial charge in [0.15, 0.2) is 5.69 Å². The molecule has 1 aromatic carbocycles. The molecule has 1 aliphatic rings. The summed E-state index contributed by atoms with van der Waals surface area (Å²) in [4.78, 5) is 12.8. The van der Waals surface area contributed by atoms with Crippen molar-refractivity contribution in [3.05, 3.63) is 35.0 Å². The van der Waals surface area contributed by atoms with Crippen LogP contribution in [0.4, 0.5) is 0 Å². The SMILES string of the molecule is O=C(NC1CC1)c1nnsc1-c1ccc(Cl)cc1. The summed E-state index contributed by atoms with van der Waals surface area (Å²) in [5.74, 6) is -0.142. The smallest absolute Gasteiger partial charge is 0.273 e. The minimum Gasteiger partial charge on any atom is -0.348 e. The van der Waals surface area contributed by atoms with E-state index in [0.29, 0.717) is 16.8 Å². The molecule has 1 heterocycles. The van der Waals surface area contributed by atoms with Crippen LogP contribution >= 0.6 is 23.1 Å². The second-order valence-corrected chi connectivity index (χ2v) is 5.40. The molecule has 0 aliphatic heterocycles. The molecule has 18 heavy (non-hydrogen) atoms. The maximum Gasteiger partial charge on any atom is 0.273 e. The van der Waals surface area contributed by atoms with E-state index in [2.05, 4.69) is 14.9 Å². The first-order chi connectivity index (χ1) is 8.74. The number of nitrogens with zero attached hydrogens (tertiary/aromatic N) is 2. The normalized spacial score (nSPS) is 14.5. The Balaban J connectivity index is 1.90. The average Bonchev–Trinajstić information content (AvgIpc) is 3.04. The van der Waals surface area contributed by atoms with E-state index < -0.39 is 0 Å². The van der Waals surface area contributed by atoms with E-state index in [4.69, 9.17) is 11.6 Å². The van der Waals surface area contributed by atoms with Crippen molar-refractivity contribution in [3.63, 3.8) is 0 Å². The Kier molecular flexibility index (Phi) is 3.01. The maximum absolute atomic E-state index is 12.0. The predicted octanol–water partition coefficient (Wildman–Crippen LogP) is 2.75. The highest BCUT2D eigenvalue weighted by molar-refractivity contribution is 7.09. The van der Waals surface area contributed by atoms with Crippen LogP contribution < -0.4 is 5.32 Å². The van der Waals surface area contributed by atoms with Crippen LogP contribution in [-0.4, -0.2) is 21.5 Å². The third-order valence-corrected chi connectivity index (χ3v) is 3.75. The van der Waals surface area contributed by atoms with Crippen molar-refractivity contribution in [2.75, 3.05) is 0 Å². The van der Waals surface area contributed by atoms with Crippen LogP contribution in [0, 0.1) is 0 Å². The van der Waals surface area contributed by atoms with Crippen LogP contribution in [0.2, 0.25) is 5.02 Å². The van der Waals surface area contributed by atoms with E-state index in [-0.39, 0.29) is 5.91 Å². The maximum atomic E-state index is 12.0. The Morgan fingerprint density at radius 1 is 1.33 bits per heavy atom. The van der Waals surface area contributed by atoms with E-state index in [0.717, 1.165) is 23.3 Å². The summed E-state index contributed by atoms with van der Waals surface area (Å²) in [6, 6.07) is 7.63. The summed E-state index contributed by atoms with van der Waals surface area (Å²) in [5.41, 5.74) is 1.31. The van der Waals surface area contributed by atoms with Crippen LogP contribution in [-0.2, 0) is 0 Å². The van der Waals surface area contributed by atoms with Gasteiger partial charge in [-0.15, -0.1) is 5.10 Å². The van der Waals surface area contributed by atoms with Crippen molar-refractivity contribution in [2.45, 2.75) is 18.9 Å². The van der Waals surface area contributed by atoms with Crippen LogP contribution in [0.15, 0.2) is 24.3 Å². The van der Waals surface area contributed by atoms with Gasteiger partial charge in [-0.3, -0.25) is 4.79 Å². The number of benzene rings is 1. The number of amides is 1. The first kappa shape index (κ1) is 11.6. The summed E-state index contributed by atoms with van der Waals surface area (Å²) in [5, 5.41) is 7.50. The van der Waals surface area contributed by atoms with Crippen LogP contribution in [0.25, 0.3) is 10.4 Å². The number of nitrogens with one attached hydrogen (secondary N) is 1. The number of carbonyl (C=O) groups is 1. The van der Waals surface area contributed by atoms with Gasteiger partial charge >= 0.3 is 0 Å². The van der Waals surface area contributed by atoms with Crippen molar-refractivity contribution < 1.29 is 4.79 Å². The van der Waals surface area contributed by atoms with Crippen LogP contribution in [0.1, 0.15) is 23.3 Å². The van der Waals surface area contributed by atoms with Gasteiger partial charge in [0, 0.05) is 11.1 Å². The molecule has 4 nitrogen and oxygen atoms in total. The van der Waals surface area contributed by atoms with E-state index in [1.54, 1.807) is 12.1 Å². The molecule has 6 heteroatoms. The van der Waals surface area contributed by atoms with E-state index in [1.165, 1.54) is 11.5 Å². The van der Waals surface area contributed by atoms with Gasteiger partial charge < -0.3 is 5.32 Å². The molecule has 0 unspecified atom stereocenters. The predicted molar refractivity (Wildman–Crippen MR) is 70.8 cm³/mol. The zero-order valence-corrected chi connectivity index (χ0v) is 11.0. The Morgan fingerprint density at radius 3 is 2.72 bits per heavy atom. The Morgan fingerprint density at radius 2 is 2.06 bits per heavy atom. The van der Waals surface area contributed by atoms with E-state index >= 15 is 0 Å². The van der Waals surface area contributed by atoms with Gasteiger partial charge in [0.1, 0.15) is 0 Å². The third-order valence-electron chi connectivity index (χ3n) is 2.72. The zero-order valence-electron chi connectivity index (χ0n) is 9.39. The van der Waals surface area contributed by atoms with Gasteiger partial charge in [-0.2, -0.15) is 0 Å². The molecule has 1 aromatic heterocycles. The van der Waals surface area contributed by atoms with Crippen molar-refractivity contribution >= 4 is 29.0 Å². The monoisotopic (exact) mass is 279 g/mol. The number of hydrogen-bond acceptors (Lipinski definition) is 4. The largest absolute Gasteiger partial charge is 0.348 e. The quantitative estimate of drug-likeness (QED) is 0.940. The molecule has 3 rings (SSSR count). The first-order valence-corrected chi connectivity index (χ1v) is 6.78. The van der Waals surface area contributed by atoms with Gasteiger partial charge in [0.2, 0.25) is 0 Å². The second kappa shape index (κ2) is 4.66. The molecule has 1 fully saturated rings.